The first-order valence-corrected chi connectivity index (χ1v) is 9.62. The van der Waals surface area contributed by atoms with E-state index < -0.39 is 16.7 Å². The van der Waals surface area contributed by atoms with E-state index in [1.54, 1.807) is 24.3 Å². The number of carbonyl (C=O) groups excluding carboxylic acids is 2. The maximum absolute atomic E-state index is 12.8. The van der Waals surface area contributed by atoms with Gasteiger partial charge in [0.05, 0.1) is 24.0 Å². The molecule has 2 aromatic rings. The number of benzene rings is 2. The summed E-state index contributed by atoms with van der Waals surface area (Å²) in [5.74, 6) is -0.00784. The third-order valence-electron chi connectivity index (χ3n) is 4.07. The molecule has 1 heterocycles. The Morgan fingerprint density at radius 2 is 1.90 bits per heavy atom. The molecule has 0 spiro atoms. The Bertz CT molecular complexity index is 1070. The van der Waals surface area contributed by atoms with Gasteiger partial charge in [-0.25, -0.2) is 0 Å². The minimum absolute atomic E-state index is 0.142. The average molecular weight is 445 g/mol. The van der Waals surface area contributed by atoms with Crippen LogP contribution in [0.4, 0.5) is 5.69 Å². The SMILES string of the molecule is COc1ccc(OC)c(C=C2SC(=S)N(NC(=O)c3ccc([N+](=O)[O-])cc3)C2=O)c1. The summed E-state index contributed by atoms with van der Waals surface area (Å²) in [7, 11) is 3.04. The van der Waals surface area contributed by atoms with E-state index in [1.807, 2.05) is 0 Å². The van der Waals surface area contributed by atoms with Crippen LogP contribution in [-0.2, 0) is 4.79 Å². The molecule has 2 amide bonds. The fraction of sp³-hybridized carbons (Fsp3) is 0.105. The molecule has 9 nitrogen and oxygen atoms in total. The van der Waals surface area contributed by atoms with Crippen LogP contribution in [0.1, 0.15) is 15.9 Å². The van der Waals surface area contributed by atoms with Gasteiger partial charge < -0.3 is 9.47 Å². The van der Waals surface area contributed by atoms with Crippen LogP contribution in [0.2, 0.25) is 0 Å². The second kappa shape index (κ2) is 8.93. The zero-order valence-corrected chi connectivity index (χ0v) is 17.4. The van der Waals surface area contributed by atoms with Crippen molar-refractivity contribution < 1.29 is 24.0 Å². The number of nitrogens with zero attached hydrogens (tertiary/aromatic N) is 2. The van der Waals surface area contributed by atoms with Crippen molar-refractivity contribution in [1.82, 2.24) is 10.4 Å². The normalized spacial score (nSPS) is 14.7. The number of methoxy groups -OCH3 is 2. The molecule has 1 aliphatic heterocycles. The van der Waals surface area contributed by atoms with Crippen LogP contribution < -0.4 is 14.9 Å². The molecule has 1 saturated heterocycles. The molecule has 154 valence electrons. The molecule has 30 heavy (non-hydrogen) atoms. The molecule has 0 aliphatic carbocycles. The highest BCUT2D eigenvalue weighted by Gasteiger charge is 2.34. The Kier molecular flexibility index (Phi) is 6.33. The number of hydrogen-bond donors (Lipinski definition) is 1. The average Bonchev–Trinajstić information content (AvgIpc) is 3.01. The fourth-order valence-corrected chi connectivity index (χ4v) is 3.73. The van der Waals surface area contributed by atoms with E-state index in [4.69, 9.17) is 21.7 Å². The lowest BCUT2D eigenvalue weighted by atomic mass is 10.1. The van der Waals surface area contributed by atoms with E-state index in [9.17, 15) is 19.7 Å². The van der Waals surface area contributed by atoms with Gasteiger partial charge in [0.25, 0.3) is 17.5 Å². The molecule has 0 saturated carbocycles. The number of hydrazine groups is 1. The van der Waals surface area contributed by atoms with Gasteiger partial charge in [-0.3, -0.25) is 25.1 Å². The summed E-state index contributed by atoms with van der Waals surface area (Å²) < 4.78 is 10.7. The second-order valence-electron chi connectivity index (χ2n) is 5.87. The standard InChI is InChI=1S/C19H15N3O6S2/c1-27-14-7-8-15(28-2)12(9-14)10-16-18(24)21(19(29)30-16)20-17(23)11-3-5-13(6-4-11)22(25)26/h3-10H,1-2H3,(H,20,23). The van der Waals surface area contributed by atoms with Crippen LogP contribution in [0.15, 0.2) is 47.4 Å². The van der Waals surface area contributed by atoms with Gasteiger partial charge in [0.2, 0.25) is 0 Å². The number of ether oxygens (including phenoxy) is 2. The third kappa shape index (κ3) is 4.42. The lowest BCUT2D eigenvalue weighted by Crippen LogP contribution is -2.44. The van der Waals surface area contributed by atoms with Gasteiger partial charge in [0, 0.05) is 23.3 Å². The number of non-ortho nitro benzene ring substituents is 1. The van der Waals surface area contributed by atoms with E-state index in [1.165, 1.54) is 38.5 Å². The zero-order valence-electron chi connectivity index (χ0n) is 15.8. The van der Waals surface area contributed by atoms with Crippen LogP contribution in [0.5, 0.6) is 11.5 Å². The van der Waals surface area contributed by atoms with Crippen molar-refractivity contribution in [2.24, 2.45) is 0 Å². The molecule has 3 rings (SSSR count). The van der Waals surface area contributed by atoms with Crippen LogP contribution in [0.3, 0.4) is 0 Å². The van der Waals surface area contributed by atoms with Crippen LogP contribution in [0.25, 0.3) is 6.08 Å². The summed E-state index contributed by atoms with van der Waals surface area (Å²) in [5.41, 5.74) is 3.04. The van der Waals surface area contributed by atoms with E-state index >= 15 is 0 Å². The predicted molar refractivity (Wildman–Crippen MR) is 115 cm³/mol. The molecule has 2 aromatic carbocycles. The lowest BCUT2D eigenvalue weighted by Gasteiger charge is -2.15. The Balaban J connectivity index is 1.80. The largest absolute Gasteiger partial charge is 0.497 e. The molecular formula is C19H15N3O6S2. The Hall–Kier alpha value is -3.44. The quantitative estimate of drug-likeness (QED) is 0.312. The first kappa shape index (κ1) is 21.3. The molecule has 0 unspecified atom stereocenters. The molecule has 0 bridgehead atoms. The highest BCUT2D eigenvalue weighted by molar-refractivity contribution is 8.26. The molecule has 1 fully saturated rings. The lowest BCUT2D eigenvalue weighted by molar-refractivity contribution is -0.384. The molecule has 0 aromatic heterocycles. The number of nitrogens with one attached hydrogen (secondary N) is 1. The molecule has 0 atom stereocenters. The number of nitro benzene ring substituents is 1. The Morgan fingerprint density at radius 1 is 1.20 bits per heavy atom. The van der Waals surface area contributed by atoms with E-state index in [0.717, 1.165) is 16.8 Å². The van der Waals surface area contributed by atoms with E-state index in [-0.39, 0.29) is 20.5 Å². The van der Waals surface area contributed by atoms with Gasteiger partial charge in [-0.1, -0.05) is 11.8 Å². The summed E-state index contributed by atoms with van der Waals surface area (Å²) in [6.45, 7) is 0. The van der Waals surface area contributed by atoms with Crippen LogP contribution >= 0.6 is 24.0 Å². The van der Waals surface area contributed by atoms with E-state index in [2.05, 4.69) is 5.43 Å². The van der Waals surface area contributed by atoms with Crippen molar-refractivity contribution in [3.63, 3.8) is 0 Å². The molecule has 11 heteroatoms. The fourth-order valence-electron chi connectivity index (χ4n) is 2.56. The van der Waals surface area contributed by atoms with Crippen molar-refractivity contribution in [2.45, 2.75) is 0 Å². The maximum Gasteiger partial charge on any atom is 0.285 e. The van der Waals surface area contributed by atoms with Crippen molar-refractivity contribution in [3.05, 3.63) is 68.6 Å². The number of amides is 2. The second-order valence-corrected chi connectivity index (χ2v) is 7.55. The summed E-state index contributed by atoms with van der Waals surface area (Å²) in [4.78, 5) is 35.6. The summed E-state index contributed by atoms with van der Waals surface area (Å²) >= 11 is 6.23. The minimum atomic E-state index is -0.624. The minimum Gasteiger partial charge on any atom is -0.497 e. The Morgan fingerprint density at radius 3 is 2.50 bits per heavy atom. The smallest absolute Gasteiger partial charge is 0.285 e. The Labute approximate surface area is 180 Å². The first-order valence-electron chi connectivity index (χ1n) is 8.39. The van der Waals surface area contributed by atoms with Crippen LogP contribution in [0, 0.1) is 10.1 Å². The summed E-state index contributed by atoms with van der Waals surface area (Å²) in [5, 5.41) is 11.7. The van der Waals surface area contributed by atoms with Gasteiger partial charge in [-0.2, -0.15) is 5.01 Å². The van der Waals surface area contributed by atoms with Crippen molar-refractivity contribution in [3.8, 4) is 11.5 Å². The third-order valence-corrected chi connectivity index (χ3v) is 5.37. The van der Waals surface area contributed by atoms with Gasteiger partial charge in [0.1, 0.15) is 11.5 Å². The first-order chi connectivity index (χ1) is 14.3. The highest BCUT2D eigenvalue weighted by Crippen LogP contribution is 2.34. The molecular weight excluding hydrogens is 430 g/mol. The van der Waals surface area contributed by atoms with Gasteiger partial charge >= 0.3 is 0 Å². The van der Waals surface area contributed by atoms with Gasteiger partial charge in [-0.15, -0.1) is 0 Å². The number of thiocarbonyl (C=S) groups is 1. The summed E-state index contributed by atoms with van der Waals surface area (Å²) in [6.07, 6.45) is 1.60. The number of rotatable bonds is 6. The van der Waals surface area contributed by atoms with Crippen molar-refractivity contribution in [2.75, 3.05) is 14.2 Å². The maximum atomic E-state index is 12.8. The number of nitro groups is 1. The zero-order chi connectivity index (χ0) is 21.8. The molecule has 1 aliphatic rings. The number of thioether (sulfide) groups is 1. The van der Waals surface area contributed by atoms with Crippen molar-refractivity contribution in [1.29, 1.82) is 0 Å². The number of hydrogen-bond acceptors (Lipinski definition) is 8. The highest BCUT2D eigenvalue weighted by atomic mass is 32.2. The van der Waals surface area contributed by atoms with Crippen molar-refractivity contribution >= 4 is 51.9 Å². The molecule has 1 N–H and O–H groups in total. The predicted octanol–water partition coefficient (Wildman–Crippen LogP) is 3.16. The topological polar surface area (TPSA) is 111 Å². The van der Waals surface area contributed by atoms with E-state index in [0.29, 0.717) is 17.1 Å². The summed E-state index contributed by atoms with van der Waals surface area (Å²) in [6, 6.07) is 10.1. The number of carbonyl (C=O) groups is 2. The van der Waals surface area contributed by atoms with Crippen LogP contribution in [-0.4, -0.2) is 40.3 Å². The van der Waals surface area contributed by atoms with Gasteiger partial charge in [0.15, 0.2) is 4.32 Å². The monoisotopic (exact) mass is 445 g/mol. The molecule has 0 radical (unpaired) electrons. The van der Waals surface area contributed by atoms with Gasteiger partial charge in [-0.05, 0) is 48.6 Å².